The predicted molar refractivity (Wildman–Crippen MR) is 106 cm³/mol. The number of benzene rings is 1. The summed E-state index contributed by atoms with van der Waals surface area (Å²) in [5.41, 5.74) is 2.34. The molecule has 29 heavy (non-hydrogen) atoms. The molecule has 8 heteroatoms. The van der Waals surface area contributed by atoms with E-state index in [1.165, 1.54) is 0 Å². The van der Waals surface area contributed by atoms with Gasteiger partial charge in [0.25, 0.3) is 5.91 Å². The number of carbonyl (C=O) groups excluding carboxylic acids is 3. The van der Waals surface area contributed by atoms with Crippen molar-refractivity contribution in [2.24, 2.45) is 0 Å². The van der Waals surface area contributed by atoms with Crippen LogP contribution in [0.2, 0.25) is 0 Å². The van der Waals surface area contributed by atoms with E-state index in [9.17, 15) is 14.4 Å². The van der Waals surface area contributed by atoms with E-state index in [4.69, 9.17) is 4.74 Å². The summed E-state index contributed by atoms with van der Waals surface area (Å²) in [6.45, 7) is 7.41. The number of amides is 3. The average Bonchev–Trinajstić information content (AvgIpc) is 2.98. The Morgan fingerprint density at radius 3 is 2.86 bits per heavy atom. The number of carbonyl (C=O) groups is 3. The molecule has 3 aliphatic rings. The van der Waals surface area contributed by atoms with E-state index in [1.807, 2.05) is 18.2 Å². The van der Waals surface area contributed by atoms with E-state index >= 15 is 0 Å². The lowest BCUT2D eigenvalue weighted by molar-refractivity contribution is -0.136. The standard InChI is InChI=1S/C21H28N4O4/c1-21(2)12-23-10-15(29-21)9-22-8-13-4-3-5-14-11-25(20(28)18(13)14)16-6-7-17(26)24-19(16)27/h3-5,15-16,22-23H,6-12H2,1-2H3,(H,24,26,27). The van der Waals surface area contributed by atoms with Gasteiger partial charge < -0.3 is 20.3 Å². The molecule has 2 saturated heterocycles. The smallest absolute Gasteiger partial charge is 0.255 e. The number of piperidine rings is 1. The van der Waals surface area contributed by atoms with Crippen molar-refractivity contribution in [3.63, 3.8) is 0 Å². The number of ether oxygens (including phenoxy) is 1. The van der Waals surface area contributed by atoms with Gasteiger partial charge in [-0.05, 0) is 31.4 Å². The number of imide groups is 1. The molecule has 2 unspecified atom stereocenters. The van der Waals surface area contributed by atoms with Gasteiger partial charge in [0, 0.05) is 44.7 Å². The Hall–Kier alpha value is -2.29. The van der Waals surface area contributed by atoms with Crippen LogP contribution in [-0.4, -0.2) is 60.0 Å². The molecule has 3 aliphatic heterocycles. The Kier molecular flexibility index (Phi) is 5.42. The minimum Gasteiger partial charge on any atom is -0.368 e. The summed E-state index contributed by atoms with van der Waals surface area (Å²) in [7, 11) is 0. The second-order valence-electron chi connectivity index (χ2n) is 8.61. The van der Waals surface area contributed by atoms with Crippen LogP contribution >= 0.6 is 0 Å². The summed E-state index contributed by atoms with van der Waals surface area (Å²) in [6.07, 6.45) is 0.711. The highest BCUT2D eigenvalue weighted by Crippen LogP contribution is 2.29. The quantitative estimate of drug-likeness (QED) is 0.615. The number of nitrogens with zero attached hydrogens (tertiary/aromatic N) is 1. The Bertz CT molecular complexity index is 838. The van der Waals surface area contributed by atoms with Gasteiger partial charge in [0.1, 0.15) is 6.04 Å². The van der Waals surface area contributed by atoms with E-state index in [2.05, 4.69) is 29.8 Å². The lowest BCUT2D eigenvalue weighted by Crippen LogP contribution is -2.53. The van der Waals surface area contributed by atoms with Crippen LogP contribution < -0.4 is 16.0 Å². The van der Waals surface area contributed by atoms with Crippen molar-refractivity contribution in [3.8, 4) is 0 Å². The number of rotatable bonds is 5. The molecule has 0 radical (unpaired) electrons. The molecule has 1 aromatic carbocycles. The maximum Gasteiger partial charge on any atom is 0.255 e. The van der Waals surface area contributed by atoms with E-state index < -0.39 is 6.04 Å². The number of hydrogen-bond acceptors (Lipinski definition) is 6. The topological polar surface area (TPSA) is 99.8 Å². The lowest BCUT2D eigenvalue weighted by atomic mass is 10.0. The van der Waals surface area contributed by atoms with Gasteiger partial charge in [-0.25, -0.2) is 0 Å². The molecule has 2 fully saturated rings. The minimum absolute atomic E-state index is 0.0752. The molecule has 0 aliphatic carbocycles. The van der Waals surface area contributed by atoms with Crippen LogP contribution in [0.1, 0.15) is 48.2 Å². The van der Waals surface area contributed by atoms with Crippen molar-refractivity contribution in [1.29, 1.82) is 0 Å². The third-order valence-electron chi connectivity index (χ3n) is 5.73. The molecule has 1 aromatic rings. The first-order valence-corrected chi connectivity index (χ1v) is 10.2. The summed E-state index contributed by atoms with van der Waals surface area (Å²) in [6, 6.07) is 5.23. The first-order valence-electron chi connectivity index (χ1n) is 10.2. The summed E-state index contributed by atoms with van der Waals surface area (Å²) >= 11 is 0. The fraction of sp³-hybridized carbons (Fsp3) is 0.571. The van der Waals surface area contributed by atoms with Crippen molar-refractivity contribution in [1.82, 2.24) is 20.9 Å². The van der Waals surface area contributed by atoms with Gasteiger partial charge in [0.05, 0.1) is 11.7 Å². The SMILES string of the molecule is CC1(C)CNCC(CNCc2cccc3c2C(=O)N(C2CCC(=O)NC2=O)C3)O1. The zero-order valence-electron chi connectivity index (χ0n) is 16.9. The van der Waals surface area contributed by atoms with Gasteiger partial charge >= 0.3 is 0 Å². The Balaban J connectivity index is 1.41. The monoisotopic (exact) mass is 400 g/mol. The van der Waals surface area contributed by atoms with Gasteiger partial charge in [0.15, 0.2) is 0 Å². The molecule has 4 rings (SSSR count). The molecule has 0 spiro atoms. The number of nitrogens with one attached hydrogen (secondary N) is 3. The van der Waals surface area contributed by atoms with Gasteiger partial charge in [-0.15, -0.1) is 0 Å². The van der Waals surface area contributed by atoms with Crippen LogP contribution in [0.5, 0.6) is 0 Å². The average molecular weight is 400 g/mol. The fourth-order valence-electron chi connectivity index (χ4n) is 4.39. The molecule has 156 valence electrons. The second kappa shape index (κ2) is 7.85. The van der Waals surface area contributed by atoms with Gasteiger partial charge in [-0.2, -0.15) is 0 Å². The van der Waals surface area contributed by atoms with Crippen LogP contribution in [0, 0.1) is 0 Å². The normalized spacial score (nSPS) is 26.4. The van der Waals surface area contributed by atoms with Crippen LogP contribution in [0.3, 0.4) is 0 Å². The molecule has 3 heterocycles. The summed E-state index contributed by atoms with van der Waals surface area (Å²) in [5.74, 6) is -0.793. The first-order chi connectivity index (χ1) is 13.8. The summed E-state index contributed by atoms with van der Waals surface area (Å²) < 4.78 is 6.07. The number of hydrogen-bond donors (Lipinski definition) is 3. The zero-order valence-corrected chi connectivity index (χ0v) is 16.9. The first kappa shape index (κ1) is 20.0. The summed E-state index contributed by atoms with van der Waals surface area (Å²) in [4.78, 5) is 38.3. The Morgan fingerprint density at radius 1 is 1.28 bits per heavy atom. The van der Waals surface area contributed by atoms with E-state index in [0.717, 1.165) is 24.2 Å². The molecule has 3 N–H and O–H groups in total. The highest BCUT2D eigenvalue weighted by atomic mass is 16.5. The van der Waals surface area contributed by atoms with Crippen LogP contribution in [0.25, 0.3) is 0 Å². The van der Waals surface area contributed by atoms with Crippen molar-refractivity contribution < 1.29 is 19.1 Å². The van der Waals surface area contributed by atoms with E-state index in [1.54, 1.807) is 4.90 Å². The fourth-order valence-corrected chi connectivity index (χ4v) is 4.39. The molecule has 0 saturated carbocycles. The van der Waals surface area contributed by atoms with Crippen molar-refractivity contribution >= 4 is 17.7 Å². The predicted octanol–water partition coefficient (Wildman–Crippen LogP) is 0.304. The highest BCUT2D eigenvalue weighted by Gasteiger charge is 2.40. The van der Waals surface area contributed by atoms with Crippen LogP contribution in [0.4, 0.5) is 0 Å². The van der Waals surface area contributed by atoms with E-state index in [0.29, 0.717) is 31.6 Å². The lowest BCUT2D eigenvalue weighted by Gasteiger charge is -2.36. The van der Waals surface area contributed by atoms with Crippen molar-refractivity contribution in [2.75, 3.05) is 19.6 Å². The van der Waals surface area contributed by atoms with Crippen molar-refractivity contribution in [3.05, 3.63) is 34.9 Å². The molecular formula is C21H28N4O4. The molecule has 2 atom stereocenters. The second-order valence-corrected chi connectivity index (χ2v) is 8.61. The molecule has 0 bridgehead atoms. The third kappa shape index (κ3) is 4.19. The highest BCUT2D eigenvalue weighted by molar-refractivity contribution is 6.05. The molecule has 3 amide bonds. The van der Waals surface area contributed by atoms with E-state index in [-0.39, 0.29) is 35.8 Å². The maximum atomic E-state index is 13.1. The van der Waals surface area contributed by atoms with Gasteiger partial charge in [0.2, 0.25) is 11.8 Å². The zero-order chi connectivity index (χ0) is 20.6. The third-order valence-corrected chi connectivity index (χ3v) is 5.73. The van der Waals surface area contributed by atoms with Gasteiger partial charge in [-0.3, -0.25) is 19.7 Å². The number of fused-ring (bicyclic) bond motifs is 1. The van der Waals surface area contributed by atoms with Crippen LogP contribution in [0.15, 0.2) is 18.2 Å². The van der Waals surface area contributed by atoms with Crippen LogP contribution in [-0.2, 0) is 27.4 Å². The summed E-state index contributed by atoms with van der Waals surface area (Å²) in [5, 5.41) is 9.13. The largest absolute Gasteiger partial charge is 0.368 e. The molecule has 0 aromatic heterocycles. The minimum atomic E-state index is -0.586. The Morgan fingerprint density at radius 2 is 2.10 bits per heavy atom. The Labute approximate surface area is 170 Å². The maximum absolute atomic E-state index is 13.1. The van der Waals surface area contributed by atoms with Crippen molar-refractivity contribution in [2.45, 2.75) is 57.5 Å². The molecular weight excluding hydrogens is 372 g/mol. The van der Waals surface area contributed by atoms with Gasteiger partial charge in [-0.1, -0.05) is 18.2 Å². The number of morpholine rings is 1. The molecule has 8 nitrogen and oxygen atoms in total.